The van der Waals surface area contributed by atoms with Crippen molar-refractivity contribution in [3.8, 4) is 5.75 Å². The van der Waals surface area contributed by atoms with Gasteiger partial charge in [-0.1, -0.05) is 6.92 Å². The van der Waals surface area contributed by atoms with Crippen LogP contribution in [0.2, 0.25) is 0 Å². The zero-order valence-electron chi connectivity index (χ0n) is 9.75. The standard InChI is InChI=1S/C12H18FNO2/c1-3-7-16-8-6-14-10-4-5-12(15-2)11(13)9-10/h4-5,9,14H,3,6-8H2,1-2H3. The van der Waals surface area contributed by atoms with Crippen LogP contribution >= 0.6 is 0 Å². The van der Waals surface area contributed by atoms with Gasteiger partial charge in [-0.25, -0.2) is 4.39 Å². The quantitative estimate of drug-likeness (QED) is 0.726. The van der Waals surface area contributed by atoms with Gasteiger partial charge in [-0.05, 0) is 18.6 Å². The molecule has 16 heavy (non-hydrogen) atoms. The highest BCUT2D eigenvalue weighted by Crippen LogP contribution is 2.20. The summed E-state index contributed by atoms with van der Waals surface area (Å²) in [5.41, 5.74) is 0.735. The van der Waals surface area contributed by atoms with E-state index in [9.17, 15) is 4.39 Å². The smallest absolute Gasteiger partial charge is 0.167 e. The van der Waals surface area contributed by atoms with E-state index in [-0.39, 0.29) is 11.6 Å². The minimum atomic E-state index is -0.359. The van der Waals surface area contributed by atoms with Gasteiger partial charge in [0.15, 0.2) is 11.6 Å². The maximum Gasteiger partial charge on any atom is 0.167 e. The number of nitrogens with one attached hydrogen (secondary N) is 1. The summed E-state index contributed by atoms with van der Waals surface area (Å²) < 4.78 is 23.4. The third-order valence-electron chi connectivity index (χ3n) is 2.08. The van der Waals surface area contributed by atoms with Gasteiger partial charge < -0.3 is 14.8 Å². The molecular weight excluding hydrogens is 209 g/mol. The second-order valence-corrected chi connectivity index (χ2v) is 3.39. The van der Waals surface area contributed by atoms with Crippen molar-refractivity contribution in [3.05, 3.63) is 24.0 Å². The molecule has 1 N–H and O–H groups in total. The lowest BCUT2D eigenvalue weighted by molar-refractivity contribution is 0.144. The normalized spacial score (nSPS) is 10.2. The first-order valence-electron chi connectivity index (χ1n) is 5.43. The summed E-state index contributed by atoms with van der Waals surface area (Å²) in [6, 6.07) is 4.80. The van der Waals surface area contributed by atoms with E-state index in [1.54, 1.807) is 12.1 Å². The first-order valence-corrected chi connectivity index (χ1v) is 5.43. The minimum absolute atomic E-state index is 0.257. The van der Waals surface area contributed by atoms with Crippen LogP contribution in [0.1, 0.15) is 13.3 Å². The topological polar surface area (TPSA) is 30.5 Å². The largest absolute Gasteiger partial charge is 0.494 e. The number of methoxy groups -OCH3 is 1. The molecule has 0 saturated carbocycles. The number of ether oxygens (including phenoxy) is 2. The van der Waals surface area contributed by atoms with Gasteiger partial charge in [0.2, 0.25) is 0 Å². The van der Waals surface area contributed by atoms with Gasteiger partial charge in [0.1, 0.15) is 0 Å². The van der Waals surface area contributed by atoms with Gasteiger partial charge in [-0.2, -0.15) is 0 Å². The molecule has 1 rings (SSSR count). The van der Waals surface area contributed by atoms with Crippen LogP contribution in [0.5, 0.6) is 5.75 Å². The maximum atomic E-state index is 13.3. The predicted molar refractivity (Wildman–Crippen MR) is 62.6 cm³/mol. The summed E-state index contributed by atoms with van der Waals surface area (Å²) in [6.07, 6.45) is 1.01. The van der Waals surface area contributed by atoms with E-state index in [1.165, 1.54) is 13.2 Å². The zero-order chi connectivity index (χ0) is 11.8. The average Bonchev–Trinajstić information content (AvgIpc) is 2.29. The van der Waals surface area contributed by atoms with Crippen LogP contribution in [0.4, 0.5) is 10.1 Å². The number of rotatable bonds is 7. The fourth-order valence-electron chi connectivity index (χ4n) is 1.29. The van der Waals surface area contributed by atoms with Crippen molar-refractivity contribution in [1.82, 2.24) is 0 Å². The van der Waals surface area contributed by atoms with E-state index in [0.29, 0.717) is 13.2 Å². The van der Waals surface area contributed by atoms with Gasteiger partial charge in [0, 0.05) is 24.9 Å². The third-order valence-corrected chi connectivity index (χ3v) is 2.08. The lowest BCUT2D eigenvalue weighted by Crippen LogP contribution is -2.09. The highest BCUT2D eigenvalue weighted by atomic mass is 19.1. The summed E-state index contributed by atoms with van der Waals surface area (Å²) in [5.74, 6) is -0.102. The molecule has 0 atom stereocenters. The second kappa shape index (κ2) is 7.06. The number of hydrogen-bond donors (Lipinski definition) is 1. The molecule has 90 valence electrons. The molecule has 0 heterocycles. The summed E-state index contributed by atoms with van der Waals surface area (Å²) in [6.45, 7) is 4.12. The number of anilines is 1. The maximum absolute atomic E-state index is 13.3. The number of hydrogen-bond acceptors (Lipinski definition) is 3. The van der Waals surface area contributed by atoms with Gasteiger partial charge in [-0.3, -0.25) is 0 Å². The molecule has 0 spiro atoms. The molecule has 0 aromatic heterocycles. The van der Waals surface area contributed by atoms with Crippen molar-refractivity contribution in [2.24, 2.45) is 0 Å². The molecule has 1 aromatic carbocycles. The van der Waals surface area contributed by atoms with Crippen molar-refractivity contribution in [3.63, 3.8) is 0 Å². The minimum Gasteiger partial charge on any atom is -0.494 e. The van der Waals surface area contributed by atoms with Crippen molar-refractivity contribution in [2.45, 2.75) is 13.3 Å². The Labute approximate surface area is 95.6 Å². The summed E-state index contributed by atoms with van der Waals surface area (Å²) in [4.78, 5) is 0. The predicted octanol–water partition coefficient (Wildman–Crippen LogP) is 2.67. The third kappa shape index (κ3) is 4.06. The van der Waals surface area contributed by atoms with Crippen LogP contribution < -0.4 is 10.1 Å². The highest BCUT2D eigenvalue weighted by Gasteiger charge is 2.02. The van der Waals surface area contributed by atoms with E-state index < -0.39 is 0 Å². The average molecular weight is 227 g/mol. The van der Waals surface area contributed by atoms with Crippen molar-refractivity contribution in [2.75, 3.05) is 32.2 Å². The van der Waals surface area contributed by atoms with Crippen molar-refractivity contribution in [1.29, 1.82) is 0 Å². The zero-order valence-corrected chi connectivity index (χ0v) is 9.75. The lowest BCUT2D eigenvalue weighted by atomic mass is 10.3. The molecule has 0 radical (unpaired) electrons. The molecule has 0 amide bonds. The molecule has 0 saturated heterocycles. The Morgan fingerprint density at radius 3 is 2.75 bits per heavy atom. The van der Waals surface area contributed by atoms with Crippen LogP contribution in [-0.2, 0) is 4.74 Å². The molecule has 0 aliphatic rings. The lowest BCUT2D eigenvalue weighted by Gasteiger charge is -2.08. The van der Waals surface area contributed by atoms with Gasteiger partial charge in [0.25, 0.3) is 0 Å². The molecular formula is C12H18FNO2. The van der Waals surface area contributed by atoms with Crippen molar-refractivity contribution < 1.29 is 13.9 Å². The molecule has 4 heteroatoms. The van der Waals surface area contributed by atoms with Crippen LogP contribution in [-0.4, -0.2) is 26.9 Å². The van der Waals surface area contributed by atoms with E-state index in [4.69, 9.17) is 9.47 Å². The molecule has 0 aliphatic heterocycles. The van der Waals surface area contributed by atoms with Crippen LogP contribution in [0.25, 0.3) is 0 Å². The van der Waals surface area contributed by atoms with Gasteiger partial charge >= 0.3 is 0 Å². The molecule has 0 fully saturated rings. The van der Waals surface area contributed by atoms with Gasteiger partial charge in [0.05, 0.1) is 13.7 Å². The first kappa shape index (κ1) is 12.8. The Balaban J connectivity index is 2.34. The van der Waals surface area contributed by atoms with Crippen molar-refractivity contribution >= 4 is 5.69 Å². The van der Waals surface area contributed by atoms with E-state index >= 15 is 0 Å². The van der Waals surface area contributed by atoms with Crippen LogP contribution in [0.15, 0.2) is 18.2 Å². The Bertz CT molecular complexity index is 318. The summed E-state index contributed by atoms with van der Waals surface area (Å²) >= 11 is 0. The van der Waals surface area contributed by atoms with Gasteiger partial charge in [-0.15, -0.1) is 0 Å². The Morgan fingerprint density at radius 1 is 1.31 bits per heavy atom. The molecule has 3 nitrogen and oxygen atoms in total. The Morgan fingerprint density at radius 2 is 2.12 bits per heavy atom. The molecule has 0 aliphatic carbocycles. The fraction of sp³-hybridized carbons (Fsp3) is 0.500. The van der Waals surface area contributed by atoms with Crippen LogP contribution in [0.3, 0.4) is 0 Å². The summed E-state index contributed by atoms with van der Waals surface area (Å²) in [5, 5.41) is 3.08. The first-order chi connectivity index (χ1) is 7.77. The number of halogens is 1. The van der Waals surface area contributed by atoms with E-state index in [1.807, 2.05) is 0 Å². The number of benzene rings is 1. The second-order valence-electron chi connectivity index (χ2n) is 3.39. The molecule has 1 aromatic rings. The summed E-state index contributed by atoms with van der Waals surface area (Å²) in [7, 11) is 1.45. The van der Waals surface area contributed by atoms with Crippen LogP contribution in [0, 0.1) is 5.82 Å². The monoisotopic (exact) mass is 227 g/mol. The molecule has 0 unspecified atom stereocenters. The Kier molecular flexibility index (Phi) is 5.64. The van der Waals surface area contributed by atoms with E-state index in [2.05, 4.69) is 12.2 Å². The fourth-order valence-corrected chi connectivity index (χ4v) is 1.29. The SMILES string of the molecule is CCCOCCNc1ccc(OC)c(F)c1. The Hall–Kier alpha value is -1.29. The molecule has 0 bridgehead atoms. The highest BCUT2D eigenvalue weighted by molar-refractivity contribution is 5.47. The van der Waals surface area contributed by atoms with E-state index in [0.717, 1.165) is 18.7 Å².